The lowest BCUT2D eigenvalue weighted by Gasteiger charge is -2.26. The number of hydrogen-bond donors (Lipinski definition) is 0. The number of amides is 1. The van der Waals surface area contributed by atoms with E-state index in [9.17, 15) is 4.79 Å². The predicted molar refractivity (Wildman–Crippen MR) is 89.1 cm³/mol. The van der Waals surface area contributed by atoms with Gasteiger partial charge in [-0.15, -0.1) is 11.8 Å². The maximum Gasteiger partial charge on any atom is 0.232 e. The maximum atomic E-state index is 12.1. The van der Waals surface area contributed by atoms with Gasteiger partial charge in [0.1, 0.15) is 0 Å². The average molecular weight is 323 g/mol. The van der Waals surface area contributed by atoms with Gasteiger partial charge in [0.25, 0.3) is 0 Å². The molecule has 5 nitrogen and oxygen atoms in total. The summed E-state index contributed by atoms with van der Waals surface area (Å²) in [4.78, 5) is 21.4. The van der Waals surface area contributed by atoms with Crippen LogP contribution < -0.4 is 0 Å². The van der Waals surface area contributed by atoms with Crippen molar-refractivity contribution in [2.75, 3.05) is 52.2 Å². The number of thioether (sulfide) groups is 1. The van der Waals surface area contributed by atoms with Crippen LogP contribution in [0.5, 0.6) is 0 Å². The second-order valence-electron chi connectivity index (χ2n) is 5.45. The first-order valence-corrected chi connectivity index (χ1v) is 8.81. The van der Waals surface area contributed by atoms with Crippen molar-refractivity contribution in [1.29, 1.82) is 0 Å². The van der Waals surface area contributed by atoms with Crippen LogP contribution in [0.3, 0.4) is 0 Å². The SMILES string of the molecule is CN(CCCCN1CCOCC1)C(=O)CSc1ccncc1. The number of hydrogen-bond acceptors (Lipinski definition) is 5. The molecule has 22 heavy (non-hydrogen) atoms. The van der Waals surface area contributed by atoms with Gasteiger partial charge in [0, 0.05) is 44.0 Å². The van der Waals surface area contributed by atoms with Crippen molar-refractivity contribution in [3.8, 4) is 0 Å². The van der Waals surface area contributed by atoms with E-state index in [0.29, 0.717) is 5.75 Å². The first-order valence-electron chi connectivity index (χ1n) is 7.82. The van der Waals surface area contributed by atoms with Crippen molar-refractivity contribution >= 4 is 17.7 Å². The average Bonchev–Trinajstić information content (AvgIpc) is 2.58. The molecule has 2 heterocycles. The van der Waals surface area contributed by atoms with Crippen LogP contribution in [0.2, 0.25) is 0 Å². The van der Waals surface area contributed by atoms with E-state index in [0.717, 1.165) is 57.1 Å². The molecule has 0 aromatic carbocycles. The zero-order valence-electron chi connectivity index (χ0n) is 13.2. The lowest BCUT2D eigenvalue weighted by atomic mass is 10.2. The zero-order valence-corrected chi connectivity index (χ0v) is 14.1. The monoisotopic (exact) mass is 323 g/mol. The van der Waals surface area contributed by atoms with Crippen LogP contribution in [-0.4, -0.2) is 72.9 Å². The van der Waals surface area contributed by atoms with Crippen LogP contribution >= 0.6 is 11.8 Å². The smallest absolute Gasteiger partial charge is 0.232 e. The zero-order chi connectivity index (χ0) is 15.6. The number of aromatic nitrogens is 1. The van der Waals surface area contributed by atoms with Crippen molar-refractivity contribution in [2.45, 2.75) is 17.7 Å². The van der Waals surface area contributed by atoms with E-state index in [1.54, 1.807) is 24.2 Å². The number of pyridine rings is 1. The van der Waals surface area contributed by atoms with Crippen LogP contribution in [0.4, 0.5) is 0 Å². The number of unbranched alkanes of at least 4 members (excludes halogenated alkanes) is 1. The minimum Gasteiger partial charge on any atom is -0.379 e. The Morgan fingerprint density at radius 2 is 2.05 bits per heavy atom. The molecule has 1 aliphatic heterocycles. The van der Waals surface area contributed by atoms with Gasteiger partial charge in [0.05, 0.1) is 19.0 Å². The van der Waals surface area contributed by atoms with Crippen LogP contribution in [0.25, 0.3) is 0 Å². The van der Waals surface area contributed by atoms with E-state index < -0.39 is 0 Å². The van der Waals surface area contributed by atoms with Gasteiger partial charge in [-0.05, 0) is 31.5 Å². The molecule has 1 aliphatic rings. The van der Waals surface area contributed by atoms with Crippen LogP contribution in [0, 0.1) is 0 Å². The lowest BCUT2D eigenvalue weighted by molar-refractivity contribution is -0.127. The summed E-state index contributed by atoms with van der Waals surface area (Å²) >= 11 is 1.57. The van der Waals surface area contributed by atoms with Crippen molar-refractivity contribution in [1.82, 2.24) is 14.8 Å². The van der Waals surface area contributed by atoms with E-state index in [-0.39, 0.29) is 5.91 Å². The largest absolute Gasteiger partial charge is 0.379 e. The third kappa shape index (κ3) is 6.34. The van der Waals surface area contributed by atoms with Crippen LogP contribution in [-0.2, 0) is 9.53 Å². The first kappa shape index (κ1) is 17.2. The van der Waals surface area contributed by atoms with Gasteiger partial charge in [-0.25, -0.2) is 0 Å². The minimum absolute atomic E-state index is 0.188. The number of carbonyl (C=O) groups excluding carboxylic acids is 1. The second kappa shape index (κ2) is 9.82. The summed E-state index contributed by atoms with van der Waals surface area (Å²) in [5, 5.41) is 0. The van der Waals surface area contributed by atoms with Gasteiger partial charge in [-0.1, -0.05) is 0 Å². The fraction of sp³-hybridized carbons (Fsp3) is 0.625. The molecule has 0 atom stereocenters. The summed E-state index contributed by atoms with van der Waals surface area (Å²) in [7, 11) is 1.89. The quantitative estimate of drug-likeness (QED) is 0.539. The highest BCUT2D eigenvalue weighted by Gasteiger charge is 2.11. The molecule has 0 spiro atoms. The minimum atomic E-state index is 0.188. The fourth-order valence-corrected chi connectivity index (χ4v) is 3.15. The Bertz CT molecular complexity index is 438. The number of nitrogens with zero attached hydrogens (tertiary/aromatic N) is 3. The highest BCUT2D eigenvalue weighted by Crippen LogP contribution is 2.16. The topological polar surface area (TPSA) is 45.7 Å². The molecule has 6 heteroatoms. The maximum absolute atomic E-state index is 12.1. The van der Waals surface area contributed by atoms with Gasteiger partial charge >= 0.3 is 0 Å². The van der Waals surface area contributed by atoms with Crippen molar-refractivity contribution in [3.63, 3.8) is 0 Å². The molecular formula is C16H25N3O2S. The number of morpholine rings is 1. The van der Waals surface area contributed by atoms with Gasteiger partial charge < -0.3 is 9.64 Å². The van der Waals surface area contributed by atoms with Gasteiger partial charge in [-0.2, -0.15) is 0 Å². The van der Waals surface area contributed by atoms with Crippen molar-refractivity contribution in [2.24, 2.45) is 0 Å². The first-order chi connectivity index (χ1) is 10.8. The molecule has 1 fully saturated rings. The van der Waals surface area contributed by atoms with E-state index in [4.69, 9.17) is 4.74 Å². The fourth-order valence-electron chi connectivity index (χ4n) is 2.32. The van der Waals surface area contributed by atoms with Gasteiger partial charge in [0.15, 0.2) is 0 Å². The molecule has 0 radical (unpaired) electrons. The van der Waals surface area contributed by atoms with E-state index in [1.165, 1.54) is 0 Å². The molecule has 0 unspecified atom stereocenters. The Morgan fingerprint density at radius 1 is 1.32 bits per heavy atom. The number of rotatable bonds is 8. The molecule has 0 saturated carbocycles. The Labute approximate surface area is 137 Å². The molecule has 1 amide bonds. The van der Waals surface area contributed by atoms with Gasteiger partial charge in [0.2, 0.25) is 5.91 Å². The molecule has 122 valence electrons. The second-order valence-corrected chi connectivity index (χ2v) is 6.50. The third-order valence-corrected chi connectivity index (χ3v) is 4.76. The normalized spacial score (nSPS) is 15.7. The molecule has 2 rings (SSSR count). The molecule has 1 aromatic rings. The number of ether oxygens (including phenoxy) is 1. The Hall–Kier alpha value is -1.11. The molecule has 1 aromatic heterocycles. The Balaban J connectivity index is 1.56. The van der Waals surface area contributed by atoms with E-state index in [1.807, 2.05) is 24.1 Å². The van der Waals surface area contributed by atoms with Crippen molar-refractivity contribution < 1.29 is 9.53 Å². The molecule has 0 bridgehead atoms. The summed E-state index contributed by atoms with van der Waals surface area (Å²) in [6, 6.07) is 3.86. The Morgan fingerprint density at radius 3 is 2.77 bits per heavy atom. The highest BCUT2D eigenvalue weighted by molar-refractivity contribution is 8.00. The van der Waals surface area contributed by atoms with E-state index in [2.05, 4.69) is 9.88 Å². The standard InChI is InChI=1S/C16H25N3O2S/c1-18(8-2-3-9-19-10-12-21-13-11-19)16(20)14-22-15-4-6-17-7-5-15/h4-7H,2-3,8-14H2,1H3. The van der Waals surface area contributed by atoms with Gasteiger partial charge in [-0.3, -0.25) is 14.7 Å². The van der Waals surface area contributed by atoms with Crippen molar-refractivity contribution in [3.05, 3.63) is 24.5 Å². The lowest BCUT2D eigenvalue weighted by Crippen LogP contribution is -2.37. The summed E-state index contributed by atoms with van der Waals surface area (Å²) in [6.07, 6.45) is 5.69. The number of carbonyl (C=O) groups is 1. The van der Waals surface area contributed by atoms with Crippen LogP contribution in [0.1, 0.15) is 12.8 Å². The highest BCUT2D eigenvalue weighted by atomic mass is 32.2. The van der Waals surface area contributed by atoms with Crippen LogP contribution in [0.15, 0.2) is 29.4 Å². The summed E-state index contributed by atoms with van der Waals surface area (Å²) in [5.41, 5.74) is 0. The summed E-state index contributed by atoms with van der Waals surface area (Å²) < 4.78 is 5.34. The molecule has 0 N–H and O–H groups in total. The third-order valence-electron chi connectivity index (χ3n) is 3.76. The summed E-state index contributed by atoms with van der Waals surface area (Å²) in [5.74, 6) is 0.678. The molecule has 0 aliphatic carbocycles. The van der Waals surface area contributed by atoms with E-state index >= 15 is 0 Å². The summed E-state index contributed by atoms with van der Waals surface area (Å²) in [6.45, 7) is 5.72. The predicted octanol–water partition coefficient (Wildman–Crippen LogP) is 1.74. The molecule has 1 saturated heterocycles. The molecular weight excluding hydrogens is 298 g/mol. The Kier molecular flexibility index (Phi) is 7.70.